The number of hydrogen-bond donors (Lipinski definition) is 0. The number of methoxy groups -OCH3 is 2. The van der Waals surface area contributed by atoms with E-state index in [-0.39, 0.29) is 5.04 Å². The van der Waals surface area contributed by atoms with Crippen LogP contribution in [-0.2, 0) is 0 Å². The third-order valence-corrected chi connectivity index (χ3v) is 9.26. The van der Waals surface area contributed by atoms with Gasteiger partial charge in [-0.05, 0) is 53.5 Å². The van der Waals surface area contributed by atoms with Crippen molar-refractivity contribution in [3.63, 3.8) is 0 Å². The van der Waals surface area contributed by atoms with E-state index in [1.54, 1.807) is 14.2 Å². The summed E-state index contributed by atoms with van der Waals surface area (Å²) in [4.78, 5) is 0. The standard InChI is InChI=1S/C22H30O3Si/c1-22(2,3)26(6,7)25-21-15-18(14-20(16-21)24-5)9-8-17-10-12-19(23-4)13-11-17/h8-16H,1-7H3/b9-8-. The molecule has 0 aliphatic heterocycles. The summed E-state index contributed by atoms with van der Waals surface area (Å²) in [7, 11) is 1.46. The van der Waals surface area contributed by atoms with Crippen molar-refractivity contribution in [1.82, 2.24) is 0 Å². The van der Waals surface area contributed by atoms with Gasteiger partial charge in [0.2, 0.25) is 8.32 Å². The highest BCUT2D eigenvalue weighted by Crippen LogP contribution is 2.38. The summed E-state index contributed by atoms with van der Waals surface area (Å²) < 4.78 is 17.1. The fourth-order valence-electron chi connectivity index (χ4n) is 2.22. The van der Waals surface area contributed by atoms with Gasteiger partial charge in [-0.15, -0.1) is 0 Å². The van der Waals surface area contributed by atoms with Crippen LogP contribution in [0.25, 0.3) is 12.2 Å². The van der Waals surface area contributed by atoms with E-state index in [0.29, 0.717) is 0 Å². The SMILES string of the molecule is COc1ccc(/C=C\c2cc(OC)cc(O[Si](C)(C)C(C)(C)C)c2)cc1. The molecule has 0 saturated carbocycles. The maximum Gasteiger partial charge on any atom is 0.250 e. The zero-order valence-electron chi connectivity index (χ0n) is 16.9. The molecule has 0 bridgehead atoms. The Labute approximate surface area is 158 Å². The second-order valence-electron chi connectivity index (χ2n) is 7.91. The van der Waals surface area contributed by atoms with Gasteiger partial charge in [-0.25, -0.2) is 0 Å². The average molecular weight is 371 g/mol. The van der Waals surface area contributed by atoms with Crippen LogP contribution in [0.2, 0.25) is 18.1 Å². The molecule has 0 spiro atoms. The normalized spacial score (nSPS) is 12.3. The Bertz CT molecular complexity index is 756. The predicted molar refractivity (Wildman–Crippen MR) is 113 cm³/mol. The molecular weight excluding hydrogens is 340 g/mol. The number of rotatable bonds is 6. The highest BCUT2D eigenvalue weighted by Gasteiger charge is 2.39. The Hall–Kier alpha value is -2.20. The van der Waals surface area contributed by atoms with Crippen LogP contribution in [0.1, 0.15) is 31.9 Å². The maximum atomic E-state index is 6.44. The van der Waals surface area contributed by atoms with E-state index in [9.17, 15) is 0 Å². The highest BCUT2D eigenvalue weighted by atomic mass is 28.4. The second-order valence-corrected chi connectivity index (χ2v) is 12.6. The second kappa shape index (κ2) is 8.00. The van der Waals surface area contributed by atoms with Gasteiger partial charge in [-0.1, -0.05) is 45.1 Å². The minimum absolute atomic E-state index is 0.148. The van der Waals surface area contributed by atoms with E-state index in [0.717, 1.165) is 28.4 Å². The van der Waals surface area contributed by atoms with E-state index in [4.69, 9.17) is 13.9 Å². The molecule has 2 rings (SSSR count). The van der Waals surface area contributed by atoms with Gasteiger partial charge < -0.3 is 13.9 Å². The van der Waals surface area contributed by atoms with Crippen LogP contribution < -0.4 is 13.9 Å². The molecule has 4 heteroatoms. The first-order valence-corrected chi connectivity index (χ1v) is 11.8. The summed E-state index contributed by atoms with van der Waals surface area (Å²) >= 11 is 0. The molecule has 0 amide bonds. The van der Waals surface area contributed by atoms with Crippen molar-refractivity contribution in [2.45, 2.75) is 38.9 Å². The maximum absolute atomic E-state index is 6.44. The summed E-state index contributed by atoms with van der Waals surface area (Å²) in [6.07, 6.45) is 4.15. The van der Waals surface area contributed by atoms with Crippen molar-refractivity contribution >= 4 is 20.5 Å². The Morgan fingerprint density at radius 1 is 0.731 bits per heavy atom. The molecule has 0 aliphatic carbocycles. The third kappa shape index (κ3) is 5.15. The topological polar surface area (TPSA) is 27.7 Å². The lowest BCUT2D eigenvalue weighted by Crippen LogP contribution is -2.43. The van der Waals surface area contributed by atoms with Crippen molar-refractivity contribution in [1.29, 1.82) is 0 Å². The summed E-state index contributed by atoms with van der Waals surface area (Å²) in [6.45, 7) is 11.2. The number of hydrogen-bond acceptors (Lipinski definition) is 3. The molecule has 0 aromatic heterocycles. The Morgan fingerprint density at radius 3 is 1.81 bits per heavy atom. The molecule has 2 aromatic carbocycles. The Balaban J connectivity index is 2.27. The highest BCUT2D eigenvalue weighted by molar-refractivity contribution is 6.74. The number of ether oxygens (including phenoxy) is 2. The summed E-state index contributed by atoms with van der Waals surface area (Å²) in [5, 5.41) is 0.148. The number of benzene rings is 2. The zero-order valence-corrected chi connectivity index (χ0v) is 17.9. The van der Waals surface area contributed by atoms with Crippen LogP contribution in [0.4, 0.5) is 0 Å². The minimum Gasteiger partial charge on any atom is -0.543 e. The van der Waals surface area contributed by atoms with Crippen LogP contribution in [0.3, 0.4) is 0 Å². The van der Waals surface area contributed by atoms with Gasteiger partial charge in [-0.3, -0.25) is 0 Å². The summed E-state index contributed by atoms with van der Waals surface area (Å²) in [5.41, 5.74) is 2.16. The lowest BCUT2D eigenvalue weighted by atomic mass is 10.1. The van der Waals surface area contributed by atoms with Crippen molar-refractivity contribution in [3.05, 3.63) is 53.6 Å². The Kier molecular flexibility index (Phi) is 6.19. The molecule has 3 nitrogen and oxygen atoms in total. The van der Waals surface area contributed by atoms with Crippen molar-refractivity contribution in [2.24, 2.45) is 0 Å². The van der Waals surface area contributed by atoms with E-state index >= 15 is 0 Å². The van der Waals surface area contributed by atoms with Crippen molar-refractivity contribution in [2.75, 3.05) is 14.2 Å². The first-order valence-electron chi connectivity index (χ1n) is 8.85. The molecular formula is C22H30O3Si. The third-order valence-electron chi connectivity index (χ3n) is 4.90. The van der Waals surface area contributed by atoms with Gasteiger partial charge in [-0.2, -0.15) is 0 Å². The molecule has 0 atom stereocenters. The van der Waals surface area contributed by atoms with Gasteiger partial charge in [0, 0.05) is 6.07 Å². The van der Waals surface area contributed by atoms with E-state index in [1.165, 1.54) is 0 Å². The van der Waals surface area contributed by atoms with E-state index in [1.807, 2.05) is 36.4 Å². The lowest BCUT2D eigenvalue weighted by Gasteiger charge is -2.36. The van der Waals surface area contributed by atoms with Crippen LogP contribution >= 0.6 is 0 Å². The van der Waals surface area contributed by atoms with Crippen LogP contribution in [0, 0.1) is 0 Å². The summed E-state index contributed by atoms with van der Waals surface area (Å²) in [5.74, 6) is 2.52. The zero-order chi connectivity index (χ0) is 19.4. The predicted octanol–water partition coefficient (Wildman–Crippen LogP) is 6.26. The largest absolute Gasteiger partial charge is 0.543 e. The van der Waals surface area contributed by atoms with Gasteiger partial charge in [0.05, 0.1) is 14.2 Å². The molecule has 140 valence electrons. The molecule has 0 saturated heterocycles. The van der Waals surface area contributed by atoms with Gasteiger partial charge in [0.25, 0.3) is 0 Å². The molecule has 0 N–H and O–H groups in total. The molecule has 2 aromatic rings. The quantitative estimate of drug-likeness (QED) is 0.444. The first-order chi connectivity index (χ1) is 12.1. The smallest absolute Gasteiger partial charge is 0.250 e. The lowest BCUT2D eigenvalue weighted by molar-refractivity contribution is 0.410. The van der Waals surface area contributed by atoms with Crippen molar-refractivity contribution < 1.29 is 13.9 Å². The monoisotopic (exact) mass is 370 g/mol. The molecule has 0 aliphatic rings. The fraction of sp³-hybridized carbons (Fsp3) is 0.364. The van der Waals surface area contributed by atoms with Gasteiger partial charge in [0.15, 0.2) is 0 Å². The molecule has 0 unspecified atom stereocenters. The van der Waals surface area contributed by atoms with Crippen LogP contribution in [-0.4, -0.2) is 22.5 Å². The minimum atomic E-state index is -1.90. The van der Waals surface area contributed by atoms with E-state index < -0.39 is 8.32 Å². The fourth-order valence-corrected chi connectivity index (χ4v) is 3.24. The molecule has 26 heavy (non-hydrogen) atoms. The van der Waals surface area contributed by atoms with Crippen molar-refractivity contribution in [3.8, 4) is 17.2 Å². The average Bonchev–Trinajstić information content (AvgIpc) is 2.58. The van der Waals surface area contributed by atoms with E-state index in [2.05, 4.69) is 52.1 Å². The summed E-state index contributed by atoms with van der Waals surface area (Å²) in [6, 6.07) is 14.0. The van der Waals surface area contributed by atoms with Gasteiger partial charge >= 0.3 is 0 Å². The molecule has 0 radical (unpaired) electrons. The van der Waals surface area contributed by atoms with Crippen LogP contribution in [0.5, 0.6) is 17.2 Å². The van der Waals surface area contributed by atoms with Crippen LogP contribution in [0.15, 0.2) is 42.5 Å². The van der Waals surface area contributed by atoms with Gasteiger partial charge in [0.1, 0.15) is 17.2 Å². The Morgan fingerprint density at radius 2 is 1.27 bits per heavy atom. The first kappa shape index (κ1) is 20.1. The molecule has 0 heterocycles. The molecule has 0 fully saturated rings.